The van der Waals surface area contributed by atoms with Crippen LogP contribution in [0.3, 0.4) is 0 Å². The highest BCUT2D eigenvalue weighted by molar-refractivity contribution is 5.56. The fraction of sp³-hybridized carbons (Fsp3) is 0.333. The smallest absolute Gasteiger partial charge is 0.159 e. The molecule has 0 bridgehead atoms. The van der Waals surface area contributed by atoms with Gasteiger partial charge in [0.2, 0.25) is 0 Å². The van der Waals surface area contributed by atoms with Crippen LogP contribution in [-0.4, -0.2) is 17.1 Å². The van der Waals surface area contributed by atoms with Gasteiger partial charge in [0.05, 0.1) is 6.10 Å². The van der Waals surface area contributed by atoms with Crippen molar-refractivity contribution in [2.75, 3.05) is 7.11 Å². The van der Waals surface area contributed by atoms with Gasteiger partial charge in [0.1, 0.15) is 0 Å². The van der Waals surface area contributed by atoms with Gasteiger partial charge in [0.15, 0.2) is 5.82 Å². The van der Waals surface area contributed by atoms with Crippen molar-refractivity contribution in [3.63, 3.8) is 0 Å². The third kappa shape index (κ3) is 2.74. The Morgan fingerprint density at radius 2 is 1.72 bits per heavy atom. The fourth-order valence-electron chi connectivity index (χ4n) is 1.92. The number of hydrogen-bond donors (Lipinski definition) is 0. The van der Waals surface area contributed by atoms with Crippen molar-refractivity contribution in [2.24, 2.45) is 0 Å². The summed E-state index contributed by atoms with van der Waals surface area (Å²) in [5, 5.41) is 0. The van der Waals surface area contributed by atoms with Gasteiger partial charge in [-0.3, -0.25) is 0 Å². The van der Waals surface area contributed by atoms with Gasteiger partial charge in [-0.15, -0.1) is 0 Å². The first-order chi connectivity index (χ1) is 8.60. The lowest BCUT2D eigenvalue weighted by Crippen LogP contribution is -1.98. The minimum absolute atomic E-state index is 0.0795. The molecule has 0 amide bonds. The van der Waals surface area contributed by atoms with Crippen LogP contribution in [0.1, 0.15) is 30.0 Å². The molecule has 3 heteroatoms. The number of aromatic nitrogens is 2. The summed E-state index contributed by atoms with van der Waals surface area (Å²) >= 11 is 0. The third-order valence-electron chi connectivity index (χ3n) is 2.95. The molecule has 0 saturated carbocycles. The molecule has 2 aromatic rings. The van der Waals surface area contributed by atoms with Gasteiger partial charge >= 0.3 is 0 Å². The van der Waals surface area contributed by atoms with Crippen LogP contribution in [0.2, 0.25) is 0 Å². The van der Waals surface area contributed by atoms with E-state index in [0.717, 1.165) is 28.3 Å². The SMILES string of the molecule is CO[C@@H](C)c1cccc(-c2nc(C)cc(C)n2)c1. The Balaban J connectivity index is 2.44. The standard InChI is InChI=1S/C15H18N2O/c1-10-8-11(2)17-15(16-10)14-7-5-6-13(9-14)12(3)18-4/h5-9,12H,1-4H3/t12-/m0/s1. The van der Waals surface area contributed by atoms with Crippen LogP contribution in [0.15, 0.2) is 30.3 Å². The Morgan fingerprint density at radius 1 is 1.06 bits per heavy atom. The molecular weight excluding hydrogens is 224 g/mol. The number of benzene rings is 1. The lowest BCUT2D eigenvalue weighted by Gasteiger charge is -2.11. The summed E-state index contributed by atoms with van der Waals surface area (Å²) in [6, 6.07) is 10.2. The summed E-state index contributed by atoms with van der Waals surface area (Å²) < 4.78 is 5.33. The average molecular weight is 242 g/mol. The van der Waals surface area contributed by atoms with Crippen molar-refractivity contribution in [2.45, 2.75) is 26.9 Å². The zero-order valence-corrected chi connectivity index (χ0v) is 11.3. The van der Waals surface area contributed by atoms with Gasteiger partial charge in [-0.25, -0.2) is 9.97 Å². The van der Waals surface area contributed by atoms with Gasteiger partial charge < -0.3 is 4.74 Å². The molecule has 0 aliphatic rings. The Morgan fingerprint density at radius 3 is 2.33 bits per heavy atom. The Bertz CT molecular complexity index is 532. The monoisotopic (exact) mass is 242 g/mol. The van der Waals surface area contributed by atoms with E-state index in [9.17, 15) is 0 Å². The summed E-state index contributed by atoms with van der Waals surface area (Å²) in [4.78, 5) is 8.96. The van der Waals surface area contributed by atoms with E-state index in [2.05, 4.69) is 22.1 Å². The molecule has 94 valence electrons. The number of hydrogen-bond acceptors (Lipinski definition) is 3. The highest BCUT2D eigenvalue weighted by Gasteiger charge is 2.07. The second-order valence-electron chi connectivity index (χ2n) is 4.48. The molecule has 0 aliphatic heterocycles. The molecule has 0 spiro atoms. The predicted octanol–water partition coefficient (Wildman–Crippen LogP) is 3.47. The summed E-state index contributed by atoms with van der Waals surface area (Å²) in [6.07, 6.45) is 0.0795. The van der Waals surface area contributed by atoms with Crippen molar-refractivity contribution in [3.05, 3.63) is 47.3 Å². The summed E-state index contributed by atoms with van der Waals surface area (Å²) in [5.41, 5.74) is 4.14. The molecule has 0 unspecified atom stereocenters. The maximum atomic E-state index is 5.33. The minimum atomic E-state index is 0.0795. The number of methoxy groups -OCH3 is 1. The molecule has 18 heavy (non-hydrogen) atoms. The van der Waals surface area contributed by atoms with E-state index < -0.39 is 0 Å². The maximum Gasteiger partial charge on any atom is 0.159 e. The Hall–Kier alpha value is -1.74. The van der Waals surface area contributed by atoms with Crippen LogP contribution in [0.25, 0.3) is 11.4 Å². The molecular formula is C15H18N2O. The van der Waals surface area contributed by atoms with Crippen molar-refractivity contribution >= 4 is 0 Å². The molecule has 1 atom stereocenters. The van der Waals surface area contributed by atoms with Gasteiger partial charge in [-0.1, -0.05) is 18.2 Å². The van der Waals surface area contributed by atoms with Crippen LogP contribution in [-0.2, 0) is 4.74 Å². The van der Waals surface area contributed by atoms with Gasteiger partial charge in [0.25, 0.3) is 0 Å². The van der Waals surface area contributed by atoms with Crippen LogP contribution >= 0.6 is 0 Å². The molecule has 0 N–H and O–H groups in total. The first kappa shape index (κ1) is 12.7. The first-order valence-electron chi connectivity index (χ1n) is 6.05. The second kappa shape index (κ2) is 5.27. The van der Waals surface area contributed by atoms with Crippen LogP contribution < -0.4 is 0 Å². The lowest BCUT2D eigenvalue weighted by molar-refractivity contribution is 0.119. The van der Waals surface area contributed by atoms with Crippen LogP contribution in [0, 0.1) is 13.8 Å². The quantitative estimate of drug-likeness (QED) is 0.826. The first-order valence-corrected chi connectivity index (χ1v) is 6.05. The zero-order chi connectivity index (χ0) is 13.1. The average Bonchev–Trinajstić information content (AvgIpc) is 2.37. The number of aryl methyl sites for hydroxylation is 2. The van der Waals surface area contributed by atoms with Crippen molar-refractivity contribution in [1.82, 2.24) is 9.97 Å². The van der Waals surface area contributed by atoms with E-state index in [1.54, 1.807) is 7.11 Å². The second-order valence-corrected chi connectivity index (χ2v) is 4.48. The molecule has 2 rings (SSSR count). The molecule has 3 nitrogen and oxygen atoms in total. The summed E-state index contributed by atoms with van der Waals surface area (Å²) in [7, 11) is 1.71. The van der Waals surface area contributed by atoms with E-state index in [4.69, 9.17) is 4.74 Å². The number of rotatable bonds is 3. The Labute approximate surface area is 108 Å². The van der Waals surface area contributed by atoms with E-state index in [1.165, 1.54) is 0 Å². The highest BCUT2D eigenvalue weighted by atomic mass is 16.5. The fourth-order valence-corrected chi connectivity index (χ4v) is 1.92. The van der Waals surface area contributed by atoms with Crippen molar-refractivity contribution in [1.29, 1.82) is 0 Å². The maximum absolute atomic E-state index is 5.33. The highest BCUT2D eigenvalue weighted by Crippen LogP contribution is 2.22. The van der Waals surface area contributed by atoms with E-state index in [-0.39, 0.29) is 6.10 Å². The molecule has 0 saturated heterocycles. The summed E-state index contributed by atoms with van der Waals surface area (Å²) in [5.74, 6) is 0.776. The van der Waals surface area contributed by atoms with E-state index in [1.807, 2.05) is 39.0 Å². The van der Waals surface area contributed by atoms with Gasteiger partial charge in [-0.05, 0) is 38.5 Å². The third-order valence-corrected chi connectivity index (χ3v) is 2.95. The molecule has 1 aromatic carbocycles. The molecule has 0 aliphatic carbocycles. The van der Waals surface area contributed by atoms with E-state index in [0.29, 0.717) is 0 Å². The van der Waals surface area contributed by atoms with Gasteiger partial charge in [-0.2, -0.15) is 0 Å². The molecule has 1 aromatic heterocycles. The zero-order valence-electron chi connectivity index (χ0n) is 11.3. The predicted molar refractivity (Wildman–Crippen MR) is 72.4 cm³/mol. The van der Waals surface area contributed by atoms with Crippen molar-refractivity contribution in [3.8, 4) is 11.4 Å². The Kier molecular flexibility index (Phi) is 3.72. The van der Waals surface area contributed by atoms with Crippen LogP contribution in [0.5, 0.6) is 0 Å². The number of ether oxygens (including phenoxy) is 1. The van der Waals surface area contributed by atoms with E-state index >= 15 is 0 Å². The van der Waals surface area contributed by atoms with Crippen molar-refractivity contribution < 1.29 is 4.74 Å². The lowest BCUT2D eigenvalue weighted by atomic mass is 10.1. The number of nitrogens with zero attached hydrogens (tertiary/aromatic N) is 2. The molecule has 0 radical (unpaired) electrons. The van der Waals surface area contributed by atoms with Crippen LogP contribution in [0.4, 0.5) is 0 Å². The summed E-state index contributed by atoms with van der Waals surface area (Å²) in [6.45, 7) is 6.00. The largest absolute Gasteiger partial charge is 0.377 e. The van der Waals surface area contributed by atoms with Gasteiger partial charge in [0, 0.05) is 24.1 Å². The molecule has 0 fully saturated rings. The minimum Gasteiger partial charge on any atom is -0.377 e. The normalized spacial score (nSPS) is 12.4. The topological polar surface area (TPSA) is 35.0 Å². The molecule has 1 heterocycles.